The van der Waals surface area contributed by atoms with Crippen LogP contribution in [0.1, 0.15) is 38.5 Å². The zero-order valence-corrected chi connectivity index (χ0v) is 10.4. The monoisotopic (exact) mass is 242 g/mol. The Morgan fingerprint density at radius 1 is 1.29 bits per heavy atom. The molecule has 0 saturated heterocycles. The predicted molar refractivity (Wildman–Crippen MR) is 64.9 cm³/mol. The molecule has 1 saturated carbocycles. The van der Waals surface area contributed by atoms with Gasteiger partial charge in [0.2, 0.25) is 0 Å². The second-order valence-electron chi connectivity index (χ2n) is 4.76. The topological polar surface area (TPSA) is 69.6 Å². The van der Waals surface area contributed by atoms with Crippen LogP contribution in [-0.4, -0.2) is 42.1 Å². The van der Waals surface area contributed by atoms with Gasteiger partial charge >= 0.3 is 12.0 Å². The van der Waals surface area contributed by atoms with Gasteiger partial charge < -0.3 is 15.3 Å². The first-order valence-electron chi connectivity index (χ1n) is 6.30. The summed E-state index contributed by atoms with van der Waals surface area (Å²) in [4.78, 5) is 23.6. The second-order valence-corrected chi connectivity index (χ2v) is 4.76. The predicted octanol–water partition coefficient (Wildman–Crippen LogP) is 1.68. The van der Waals surface area contributed by atoms with Crippen LogP contribution < -0.4 is 5.32 Å². The molecule has 0 aliphatic heterocycles. The Kier molecular flexibility index (Phi) is 5.80. The van der Waals surface area contributed by atoms with Crippen LogP contribution in [0.3, 0.4) is 0 Å². The summed E-state index contributed by atoms with van der Waals surface area (Å²) in [6.07, 6.45) is 5.08. The van der Waals surface area contributed by atoms with Crippen molar-refractivity contribution >= 4 is 12.0 Å². The van der Waals surface area contributed by atoms with Gasteiger partial charge in [-0.15, -0.1) is 0 Å². The molecule has 17 heavy (non-hydrogen) atoms. The first-order chi connectivity index (χ1) is 8.09. The Labute approximate surface area is 102 Å². The van der Waals surface area contributed by atoms with Crippen molar-refractivity contribution in [2.75, 3.05) is 20.1 Å². The third kappa shape index (κ3) is 6.81. The van der Waals surface area contributed by atoms with E-state index in [0.717, 1.165) is 19.4 Å². The molecule has 0 heterocycles. The molecule has 0 spiro atoms. The van der Waals surface area contributed by atoms with Crippen molar-refractivity contribution in [1.82, 2.24) is 10.2 Å². The first kappa shape index (κ1) is 13.8. The van der Waals surface area contributed by atoms with Crippen LogP contribution in [0, 0.1) is 5.92 Å². The zero-order chi connectivity index (χ0) is 12.7. The molecular formula is C12H22N2O3. The quantitative estimate of drug-likeness (QED) is 0.636. The number of aliphatic carboxylic acids is 1. The Hall–Kier alpha value is -1.26. The molecule has 2 amide bonds. The van der Waals surface area contributed by atoms with Gasteiger partial charge in [0.15, 0.2) is 0 Å². The summed E-state index contributed by atoms with van der Waals surface area (Å²) in [7, 11) is 1.82. The largest absolute Gasteiger partial charge is 0.481 e. The molecule has 1 aliphatic carbocycles. The van der Waals surface area contributed by atoms with Gasteiger partial charge in [-0.2, -0.15) is 0 Å². The maximum absolute atomic E-state index is 11.6. The van der Waals surface area contributed by atoms with Crippen molar-refractivity contribution in [2.24, 2.45) is 5.92 Å². The van der Waals surface area contributed by atoms with E-state index in [1.807, 2.05) is 7.05 Å². The molecule has 0 unspecified atom stereocenters. The molecule has 5 nitrogen and oxygen atoms in total. The summed E-state index contributed by atoms with van der Waals surface area (Å²) in [5.41, 5.74) is 0. The van der Waals surface area contributed by atoms with Gasteiger partial charge in [-0.3, -0.25) is 4.79 Å². The number of carboxylic acids is 1. The highest BCUT2D eigenvalue weighted by Crippen LogP contribution is 2.29. The van der Waals surface area contributed by atoms with Crippen LogP contribution in [-0.2, 0) is 4.79 Å². The summed E-state index contributed by atoms with van der Waals surface area (Å²) in [6.45, 7) is 1.48. The van der Waals surface area contributed by atoms with E-state index in [-0.39, 0.29) is 12.5 Å². The third-order valence-corrected chi connectivity index (χ3v) is 2.92. The van der Waals surface area contributed by atoms with Crippen LogP contribution in [0.4, 0.5) is 4.79 Å². The Morgan fingerprint density at radius 3 is 2.59 bits per heavy atom. The normalized spacial score (nSPS) is 14.4. The lowest BCUT2D eigenvalue weighted by Gasteiger charge is -2.17. The molecule has 1 fully saturated rings. The number of hydrogen-bond acceptors (Lipinski definition) is 2. The number of carbonyl (C=O) groups excluding carboxylic acids is 1. The van der Waals surface area contributed by atoms with Crippen LogP contribution in [0.2, 0.25) is 0 Å². The van der Waals surface area contributed by atoms with Gasteiger partial charge in [-0.25, -0.2) is 4.79 Å². The number of amides is 2. The molecule has 0 aromatic heterocycles. The zero-order valence-electron chi connectivity index (χ0n) is 10.4. The van der Waals surface area contributed by atoms with E-state index in [1.165, 1.54) is 12.8 Å². The van der Waals surface area contributed by atoms with E-state index in [2.05, 4.69) is 5.32 Å². The van der Waals surface area contributed by atoms with E-state index in [9.17, 15) is 9.59 Å². The van der Waals surface area contributed by atoms with Crippen molar-refractivity contribution in [3.8, 4) is 0 Å². The SMILES string of the molecule is CN(CC1CC1)C(=O)NCCCCCC(=O)O. The van der Waals surface area contributed by atoms with Gasteiger partial charge in [0.1, 0.15) is 0 Å². The van der Waals surface area contributed by atoms with Crippen molar-refractivity contribution in [3.05, 3.63) is 0 Å². The number of rotatable bonds is 8. The molecular weight excluding hydrogens is 220 g/mol. The molecule has 5 heteroatoms. The molecule has 0 bridgehead atoms. The number of urea groups is 1. The smallest absolute Gasteiger partial charge is 0.317 e. The number of nitrogens with zero attached hydrogens (tertiary/aromatic N) is 1. The van der Waals surface area contributed by atoms with Gasteiger partial charge in [-0.1, -0.05) is 6.42 Å². The molecule has 0 atom stereocenters. The lowest BCUT2D eigenvalue weighted by molar-refractivity contribution is -0.137. The fourth-order valence-electron chi connectivity index (χ4n) is 1.68. The number of hydrogen-bond donors (Lipinski definition) is 2. The average molecular weight is 242 g/mol. The Bertz CT molecular complexity index is 264. The van der Waals surface area contributed by atoms with Gasteiger partial charge in [-0.05, 0) is 31.6 Å². The Morgan fingerprint density at radius 2 is 2.00 bits per heavy atom. The summed E-state index contributed by atoms with van der Waals surface area (Å²) < 4.78 is 0. The van der Waals surface area contributed by atoms with Crippen LogP contribution >= 0.6 is 0 Å². The highest BCUT2D eigenvalue weighted by molar-refractivity contribution is 5.73. The average Bonchev–Trinajstić information content (AvgIpc) is 3.06. The summed E-state index contributed by atoms with van der Waals surface area (Å²) in [5.74, 6) is -0.0421. The van der Waals surface area contributed by atoms with Gasteiger partial charge in [0.05, 0.1) is 0 Å². The minimum absolute atomic E-state index is 0.0184. The molecule has 1 aliphatic rings. The van der Waals surface area contributed by atoms with Crippen molar-refractivity contribution in [1.29, 1.82) is 0 Å². The number of unbranched alkanes of at least 4 members (excludes halogenated alkanes) is 2. The number of carbonyl (C=O) groups is 2. The summed E-state index contributed by atoms with van der Waals surface area (Å²) in [6, 6.07) is -0.0184. The fourth-order valence-corrected chi connectivity index (χ4v) is 1.68. The molecule has 0 aromatic rings. The van der Waals surface area contributed by atoms with Crippen molar-refractivity contribution in [2.45, 2.75) is 38.5 Å². The van der Waals surface area contributed by atoms with Crippen LogP contribution in [0.5, 0.6) is 0 Å². The molecule has 98 valence electrons. The molecule has 2 N–H and O–H groups in total. The molecule has 1 rings (SSSR count). The third-order valence-electron chi connectivity index (χ3n) is 2.92. The van der Waals surface area contributed by atoms with Gasteiger partial charge in [0.25, 0.3) is 0 Å². The maximum Gasteiger partial charge on any atom is 0.317 e. The van der Waals surface area contributed by atoms with E-state index in [0.29, 0.717) is 18.9 Å². The molecule has 0 radical (unpaired) electrons. The Balaban J connectivity index is 1.93. The van der Waals surface area contributed by atoms with Crippen LogP contribution in [0.25, 0.3) is 0 Å². The van der Waals surface area contributed by atoms with Crippen LogP contribution in [0.15, 0.2) is 0 Å². The maximum atomic E-state index is 11.6. The lowest BCUT2D eigenvalue weighted by Crippen LogP contribution is -2.38. The van der Waals surface area contributed by atoms with E-state index in [1.54, 1.807) is 4.90 Å². The first-order valence-corrected chi connectivity index (χ1v) is 6.30. The summed E-state index contributed by atoms with van der Waals surface area (Å²) in [5, 5.41) is 11.3. The highest BCUT2D eigenvalue weighted by Gasteiger charge is 2.24. The van der Waals surface area contributed by atoms with Gasteiger partial charge in [0, 0.05) is 26.6 Å². The minimum atomic E-state index is -0.752. The lowest BCUT2D eigenvalue weighted by atomic mass is 10.2. The second kappa shape index (κ2) is 7.14. The standard InChI is InChI=1S/C12H22N2O3/c1-14(9-10-6-7-10)12(17)13-8-4-2-3-5-11(15)16/h10H,2-9H2,1H3,(H,13,17)(H,15,16). The number of nitrogens with one attached hydrogen (secondary N) is 1. The molecule has 0 aromatic carbocycles. The van der Waals surface area contributed by atoms with E-state index in [4.69, 9.17) is 5.11 Å². The van der Waals surface area contributed by atoms with Crippen molar-refractivity contribution in [3.63, 3.8) is 0 Å². The van der Waals surface area contributed by atoms with E-state index < -0.39 is 5.97 Å². The van der Waals surface area contributed by atoms with E-state index >= 15 is 0 Å². The fraction of sp³-hybridized carbons (Fsp3) is 0.833. The van der Waals surface area contributed by atoms with Crippen molar-refractivity contribution < 1.29 is 14.7 Å². The highest BCUT2D eigenvalue weighted by atomic mass is 16.4. The summed E-state index contributed by atoms with van der Waals surface area (Å²) >= 11 is 0. The number of carboxylic acid groups (broad SMARTS) is 1. The minimum Gasteiger partial charge on any atom is -0.481 e.